The number of rotatable bonds is 2. The Morgan fingerprint density at radius 2 is 1.18 bits per heavy atom. The first-order valence-corrected chi connectivity index (χ1v) is 15.5. The van der Waals surface area contributed by atoms with Gasteiger partial charge in [-0.1, -0.05) is 109 Å². The van der Waals surface area contributed by atoms with E-state index in [0.717, 1.165) is 16.0 Å². The normalized spacial score (nSPS) is 10.6. The predicted molar refractivity (Wildman–Crippen MR) is 188 cm³/mol. The SMILES string of the molecule is Cc1cccc2ncc(-c3ccccc3)cc12.Cc1cccc2sc(-c3ccccc3)nc12.Cc1cncc2ccccc12. The number of hydrogen-bond donors (Lipinski definition) is 0. The molecule has 0 aliphatic carbocycles. The molecule has 0 atom stereocenters. The van der Waals surface area contributed by atoms with Gasteiger partial charge in [0.15, 0.2) is 0 Å². The molecule has 0 unspecified atom stereocenters. The lowest BCUT2D eigenvalue weighted by atomic mass is 10.0. The minimum atomic E-state index is 1.06. The Morgan fingerprint density at radius 3 is 1.93 bits per heavy atom. The number of benzene rings is 5. The number of thiazole rings is 1. The number of para-hydroxylation sites is 1. The highest BCUT2D eigenvalue weighted by Gasteiger charge is 2.07. The van der Waals surface area contributed by atoms with E-state index in [1.54, 1.807) is 11.3 Å². The summed E-state index contributed by atoms with van der Waals surface area (Å²) >= 11 is 1.75. The second-order valence-corrected chi connectivity index (χ2v) is 11.7. The van der Waals surface area contributed by atoms with Crippen LogP contribution in [0.2, 0.25) is 0 Å². The Balaban J connectivity index is 0.000000120. The van der Waals surface area contributed by atoms with Crippen LogP contribution in [0.1, 0.15) is 16.7 Å². The van der Waals surface area contributed by atoms with E-state index < -0.39 is 0 Å². The van der Waals surface area contributed by atoms with Crippen molar-refractivity contribution in [1.82, 2.24) is 15.0 Å². The van der Waals surface area contributed by atoms with Crippen molar-refractivity contribution in [2.75, 3.05) is 0 Å². The minimum Gasteiger partial charge on any atom is -0.264 e. The van der Waals surface area contributed by atoms with Crippen molar-refractivity contribution in [1.29, 1.82) is 0 Å². The van der Waals surface area contributed by atoms with Gasteiger partial charge in [-0.3, -0.25) is 9.97 Å². The summed E-state index contributed by atoms with van der Waals surface area (Å²) in [5.74, 6) is 0. The average Bonchev–Trinajstić information content (AvgIpc) is 3.53. The summed E-state index contributed by atoms with van der Waals surface area (Å²) in [7, 11) is 0. The fourth-order valence-electron chi connectivity index (χ4n) is 5.14. The topological polar surface area (TPSA) is 38.7 Å². The summed E-state index contributed by atoms with van der Waals surface area (Å²) in [5.41, 5.74) is 9.53. The fourth-order valence-corrected chi connectivity index (χ4v) is 6.19. The average molecular weight is 588 g/mol. The third-order valence-corrected chi connectivity index (χ3v) is 8.63. The van der Waals surface area contributed by atoms with E-state index >= 15 is 0 Å². The second-order valence-electron chi connectivity index (χ2n) is 10.7. The van der Waals surface area contributed by atoms with E-state index in [-0.39, 0.29) is 0 Å². The van der Waals surface area contributed by atoms with Gasteiger partial charge < -0.3 is 0 Å². The van der Waals surface area contributed by atoms with E-state index in [1.807, 2.05) is 55.0 Å². The highest BCUT2D eigenvalue weighted by atomic mass is 32.1. The molecule has 214 valence electrons. The zero-order valence-electron chi connectivity index (χ0n) is 25.1. The van der Waals surface area contributed by atoms with Gasteiger partial charge in [0.25, 0.3) is 0 Å². The van der Waals surface area contributed by atoms with E-state index in [4.69, 9.17) is 4.98 Å². The zero-order valence-corrected chi connectivity index (χ0v) is 25.9. The van der Waals surface area contributed by atoms with Gasteiger partial charge in [0.05, 0.1) is 15.7 Å². The van der Waals surface area contributed by atoms with Crippen molar-refractivity contribution in [3.63, 3.8) is 0 Å². The lowest BCUT2D eigenvalue weighted by molar-refractivity contribution is 1.31. The first-order chi connectivity index (χ1) is 21.6. The number of fused-ring (bicyclic) bond motifs is 3. The molecule has 0 saturated carbocycles. The van der Waals surface area contributed by atoms with Crippen LogP contribution >= 0.6 is 11.3 Å². The van der Waals surface area contributed by atoms with E-state index in [0.29, 0.717) is 0 Å². The molecule has 4 heteroatoms. The molecule has 3 nitrogen and oxygen atoms in total. The lowest BCUT2D eigenvalue weighted by Gasteiger charge is -2.05. The van der Waals surface area contributed by atoms with Crippen molar-refractivity contribution in [3.8, 4) is 21.7 Å². The quantitative estimate of drug-likeness (QED) is 0.202. The third kappa shape index (κ3) is 6.56. The molecule has 0 saturated heterocycles. The van der Waals surface area contributed by atoms with E-state index in [9.17, 15) is 0 Å². The molecule has 0 radical (unpaired) electrons. The number of pyridine rings is 2. The van der Waals surface area contributed by atoms with Crippen LogP contribution in [0, 0.1) is 20.8 Å². The molecule has 8 aromatic rings. The Labute approximate surface area is 262 Å². The molecule has 8 rings (SSSR count). The molecular formula is C40H33N3S. The van der Waals surface area contributed by atoms with Crippen LogP contribution in [-0.2, 0) is 0 Å². The van der Waals surface area contributed by atoms with Gasteiger partial charge in [0, 0.05) is 40.5 Å². The third-order valence-electron chi connectivity index (χ3n) is 7.56. The molecule has 0 fully saturated rings. The van der Waals surface area contributed by atoms with Crippen LogP contribution in [-0.4, -0.2) is 15.0 Å². The van der Waals surface area contributed by atoms with Crippen molar-refractivity contribution in [3.05, 3.63) is 163 Å². The summed E-state index contributed by atoms with van der Waals surface area (Å²) in [6.07, 6.45) is 5.72. The van der Waals surface area contributed by atoms with Gasteiger partial charge in [0.1, 0.15) is 5.01 Å². The minimum absolute atomic E-state index is 1.06. The monoisotopic (exact) mass is 587 g/mol. The molecule has 0 aliphatic heterocycles. The molecule has 3 aromatic heterocycles. The van der Waals surface area contributed by atoms with E-state index in [2.05, 4.69) is 122 Å². The van der Waals surface area contributed by atoms with Gasteiger partial charge in [-0.05, 0) is 66.6 Å². The van der Waals surface area contributed by atoms with Crippen molar-refractivity contribution in [2.45, 2.75) is 20.8 Å². The highest BCUT2D eigenvalue weighted by Crippen LogP contribution is 2.31. The maximum absolute atomic E-state index is 4.70. The van der Waals surface area contributed by atoms with Crippen LogP contribution in [0.4, 0.5) is 0 Å². The van der Waals surface area contributed by atoms with Gasteiger partial charge >= 0.3 is 0 Å². The summed E-state index contributed by atoms with van der Waals surface area (Å²) in [5, 5.41) is 4.84. The zero-order chi connectivity index (χ0) is 30.3. The molecule has 3 heterocycles. The Hall–Kier alpha value is -5.19. The number of hydrogen-bond acceptors (Lipinski definition) is 4. The molecule has 0 aliphatic rings. The Morgan fingerprint density at radius 1 is 0.500 bits per heavy atom. The first kappa shape index (κ1) is 28.9. The van der Waals surface area contributed by atoms with Gasteiger partial charge in [-0.15, -0.1) is 11.3 Å². The van der Waals surface area contributed by atoms with Crippen LogP contribution in [0.3, 0.4) is 0 Å². The molecule has 0 bridgehead atoms. The first-order valence-electron chi connectivity index (χ1n) is 14.7. The molecule has 0 amide bonds. The van der Waals surface area contributed by atoms with Crippen LogP contribution in [0.25, 0.3) is 53.6 Å². The number of aromatic nitrogens is 3. The predicted octanol–water partition coefficient (Wildman–Crippen LogP) is 11.0. The van der Waals surface area contributed by atoms with Crippen LogP contribution in [0.15, 0.2) is 146 Å². The number of aryl methyl sites for hydroxylation is 3. The summed E-state index contributed by atoms with van der Waals surface area (Å²) in [4.78, 5) is 13.3. The Bertz CT molecular complexity index is 2150. The van der Waals surface area contributed by atoms with Crippen molar-refractivity contribution in [2.24, 2.45) is 0 Å². The summed E-state index contributed by atoms with van der Waals surface area (Å²) in [6, 6.07) is 43.7. The lowest BCUT2D eigenvalue weighted by Crippen LogP contribution is -1.85. The fraction of sp³-hybridized carbons (Fsp3) is 0.0750. The largest absolute Gasteiger partial charge is 0.264 e. The summed E-state index contributed by atoms with van der Waals surface area (Å²) in [6.45, 7) is 6.31. The maximum atomic E-state index is 4.70. The summed E-state index contributed by atoms with van der Waals surface area (Å²) < 4.78 is 1.26. The Kier molecular flexibility index (Phi) is 8.81. The number of nitrogens with zero attached hydrogens (tertiary/aromatic N) is 3. The van der Waals surface area contributed by atoms with E-state index in [1.165, 1.54) is 54.2 Å². The van der Waals surface area contributed by atoms with Crippen molar-refractivity contribution < 1.29 is 0 Å². The van der Waals surface area contributed by atoms with Crippen LogP contribution < -0.4 is 0 Å². The second kappa shape index (κ2) is 13.4. The molecule has 44 heavy (non-hydrogen) atoms. The van der Waals surface area contributed by atoms with Gasteiger partial charge in [-0.2, -0.15) is 0 Å². The molecule has 0 spiro atoms. The molecular weight excluding hydrogens is 555 g/mol. The van der Waals surface area contributed by atoms with Crippen molar-refractivity contribution >= 4 is 43.2 Å². The standard InChI is InChI=1S/C16H13N.C14H11NS.C10H9N/c1-12-6-5-9-16-15(12)10-14(11-17-16)13-7-3-2-4-8-13;1-10-6-5-9-12-13(10)15-14(16-12)11-7-3-2-4-8-11;1-8-6-11-7-9-4-2-3-5-10(8)9/h2-11H,1H3;2-9H,1H3;2-7H,1H3. The molecule has 0 N–H and O–H groups in total. The van der Waals surface area contributed by atoms with Gasteiger partial charge in [0.2, 0.25) is 0 Å². The van der Waals surface area contributed by atoms with Crippen LogP contribution in [0.5, 0.6) is 0 Å². The van der Waals surface area contributed by atoms with Gasteiger partial charge in [-0.25, -0.2) is 4.98 Å². The highest BCUT2D eigenvalue weighted by molar-refractivity contribution is 7.21. The molecule has 5 aromatic carbocycles. The maximum Gasteiger partial charge on any atom is 0.124 e. The smallest absolute Gasteiger partial charge is 0.124 e.